The third kappa shape index (κ3) is 5.07. The van der Waals surface area contributed by atoms with Gasteiger partial charge in [-0.05, 0) is 43.3 Å². The molecular weight excluding hydrogens is 290 g/mol. The average Bonchev–Trinajstić information content (AvgIpc) is 2.55. The Morgan fingerprint density at radius 1 is 1.30 bits per heavy atom. The minimum absolute atomic E-state index is 0.106. The maximum Gasteiger partial charge on any atom is 0.255 e. The fourth-order valence-electron chi connectivity index (χ4n) is 2.61. The molecule has 2 N–H and O–H groups in total. The highest BCUT2D eigenvalue weighted by atomic mass is 16.5. The summed E-state index contributed by atoms with van der Waals surface area (Å²) in [7, 11) is 2.08. The van der Waals surface area contributed by atoms with E-state index in [4.69, 9.17) is 10.5 Å². The van der Waals surface area contributed by atoms with Crippen molar-refractivity contribution in [1.29, 1.82) is 0 Å². The quantitative estimate of drug-likeness (QED) is 0.813. The number of pyridine rings is 1. The molecule has 0 radical (unpaired) electrons. The van der Waals surface area contributed by atoms with Gasteiger partial charge in [-0.15, -0.1) is 0 Å². The van der Waals surface area contributed by atoms with E-state index in [1.54, 1.807) is 0 Å². The van der Waals surface area contributed by atoms with Crippen molar-refractivity contribution in [2.24, 2.45) is 5.73 Å². The zero-order valence-electron chi connectivity index (χ0n) is 13.6. The molecule has 0 spiro atoms. The molecule has 1 amide bonds. The fraction of sp³-hybridized carbons (Fsp3) is 0.333. The van der Waals surface area contributed by atoms with Crippen molar-refractivity contribution in [3.05, 3.63) is 59.9 Å². The topological polar surface area (TPSA) is 68.5 Å². The molecule has 1 aromatic heterocycles. The summed E-state index contributed by atoms with van der Waals surface area (Å²) >= 11 is 0. The molecule has 1 heterocycles. The molecule has 0 aliphatic carbocycles. The van der Waals surface area contributed by atoms with Crippen LogP contribution in [0.5, 0.6) is 5.75 Å². The van der Waals surface area contributed by atoms with Crippen molar-refractivity contribution in [3.8, 4) is 5.75 Å². The van der Waals surface area contributed by atoms with Gasteiger partial charge in [0.25, 0.3) is 5.91 Å². The SMILES string of the molecule is CCC(c1ccccn1)N(C)Cc1cccc(OCC(N)=O)c1. The van der Waals surface area contributed by atoms with Gasteiger partial charge in [-0.3, -0.25) is 14.7 Å². The van der Waals surface area contributed by atoms with Crippen LogP contribution < -0.4 is 10.5 Å². The first-order valence-electron chi connectivity index (χ1n) is 7.71. The highest BCUT2D eigenvalue weighted by molar-refractivity contribution is 5.75. The smallest absolute Gasteiger partial charge is 0.255 e. The van der Waals surface area contributed by atoms with Crippen molar-refractivity contribution in [2.45, 2.75) is 25.9 Å². The Bertz CT molecular complexity index is 631. The zero-order valence-corrected chi connectivity index (χ0v) is 13.6. The number of nitrogens with two attached hydrogens (primary N) is 1. The molecule has 5 heteroatoms. The lowest BCUT2D eigenvalue weighted by Gasteiger charge is -2.26. The van der Waals surface area contributed by atoms with Crippen molar-refractivity contribution >= 4 is 5.91 Å². The molecule has 1 aromatic carbocycles. The van der Waals surface area contributed by atoms with Crippen LogP contribution >= 0.6 is 0 Å². The van der Waals surface area contributed by atoms with Gasteiger partial charge in [0.1, 0.15) is 5.75 Å². The molecule has 122 valence electrons. The molecule has 2 aromatic rings. The molecule has 1 atom stereocenters. The molecule has 0 saturated heterocycles. The highest BCUT2D eigenvalue weighted by Gasteiger charge is 2.16. The summed E-state index contributed by atoms with van der Waals surface area (Å²) in [6.07, 6.45) is 2.80. The molecular formula is C18H23N3O2. The Morgan fingerprint density at radius 2 is 2.13 bits per heavy atom. The molecule has 23 heavy (non-hydrogen) atoms. The average molecular weight is 313 g/mol. The second-order valence-electron chi connectivity index (χ2n) is 5.50. The molecule has 2 rings (SSSR count). The number of rotatable bonds is 8. The number of aromatic nitrogens is 1. The summed E-state index contributed by atoms with van der Waals surface area (Å²) in [4.78, 5) is 17.5. The summed E-state index contributed by atoms with van der Waals surface area (Å²) in [5.74, 6) is 0.175. The molecule has 0 bridgehead atoms. The van der Waals surface area contributed by atoms with E-state index < -0.39 is 5.91 Å². The second kappa shape index (κ2) is 8.29. The van der Waals surface area contributed by atoms with E-state index >= 15 is 0 Å². The Morgan fingerprint density at radius 3 is 2.78 bits per heavy atom. The molecule has 1 unspecified atom stereocenters. The van der Waals surface area contributed by atoms with Crippen LogP contribution in [0.3, 0.4) is 0 Å². The van der Waals surface area contributed by atoms with Crippen LogP contribution in [-0.4, -0.2) is 29.4 Å². The predicted octanol–water partition coefficient (Wildman–Crippen LogP) is 2.53. The third-order valence-electron chi connectivity index (χ3n) is 3.66. The maximum absolute atomic E-state index is 10.8. The lowest BCUT2D eigenvalue weighted by atomic mass is 10.1. The number of carbonyl (C=O) groups excluding carboxylic acids is 1. The fourth-order valence-corrected chi connectivity index (χ4v) is 2.61. The number of benzene rings is 1. The molecule has 0 saturated carbocycles. The Kier molecular flexibility index (Phi) is 6.11. The Balaban J connectivity index is 2.05. The van der Waals surface area contributed by atoms with E-state index in [1.165, 1.54) is 0 Å². The van der Waals surface area contributed by atoms with E-state index in [0.29, 0.717) is 5.75 Å². The van der Waals surface area contributed by atoms with Crippen LogP contribution in [0.4, 0.5) is 0 Å². The van der Waals surface area contributed by atoms with Gasteiger partial charge in [0.05, 0.1) is 11.7 Å². The van der Waals surface area contributed by atoms with Crippen LogP contribution in [0.1, 0.15) is 30.6 Å². The summed E-state index contributed by atoms with van der Waals surface area (Å²) in [6, 6.07) is 14.0. The number of ether oxygens (including phenoxy) is 1. The number of hydrogen-bond acceptors (Lipinski definition) is 4. The van der Waals surface area contributed by atoms with Gasteiger partial charge in [-0.25, -0.2) is 0 Å². The largest absolute Gasteiger partial charge is 0.484 e. The zero-order chi connectivity index (χ0) is 16.7. The summed E-state index contributed by atoms with van der Waals surface area (Å²) in [5.41, 5.74) is 7.28. The maximum atomic E-state index is 10.8. The minimum atomic E-state index is -0.478. The van der Waals surface area contributed by atoms with Crippen LogP contribution in [0.2, 0.25) is 0 Å². The van der Waals surface area contributed by atoms with Gasteiger partial charge in [-0.2, -0.15) is 0 Å². The second-order valence-corrected chi connectivity index (χ2v) is 5.50. The lowest BCUT2D eigenvalue weighted by molar-refractivity contribution is -0.119. The monoisotopic (exact) mass is 313 g/mol. The molecule has 0 fully saturated rings. The van der Waals surface area contributed by atoms with Crippen LogP contribution in [0.15, 0.2) is 48.7 Å². The van der Waals surface area contributed by atoms with Crippen LogP contribution in [0.25, 0.3) is 0 Å². The summed E-state index contributed by atoms with van der Waals surface area (Å²) in [5, 5.41) is 0. The van der Waals surface area contributed by atoms with E-state index in [0.717, 1.165) is 24.2 Å². The Labute approximate surface area is 137 Å². The number of amides is 1. The molecule has 0 aliphatic rings. The number of hydrogen-bond donors (Lipinski definition) is 1. The minimum Gasteiger partial charge on any atom is -0.484 e. The van der Waals surface area contributed by atoms with Crippen molar-refractivity contribution in [1.82, 2.24) is 9.88 Å². The summed E-state index contributed by atoms with van der Waals surface area (Å²) < 4.78 is 5.36. The van der Waals surface area contributed by atoms with Crippen molar-refractivity contribution in [3.63, 3.8) is 0 Å². The van der Waals surface area contributed by atoms with Gasteiger partial charge in [0.2, 0.25) is 0 Å². The van der Waals surface area contributed by atoms with Gasteiger partial charge in [0, 0.05) is 12.7 Å². The third-order valence-corrected chi connectivity index (χ3v) is 3.66. The van der Waals surface area contributed by atoms with Gasteiger partial charge in [0.15, 0.2) is 6.61 Å². The number of nitrogens with zero attached hydrogens (tertiary/aromatic N) is 2. The standard InChI is InChI=1S/C18H23N3O2/c1-3-17(16-9-4-5-10-20-16)21(2)12-14-7-6-8-15(11-14)23-13-18(19)22/h4-11,17H,3,12-13H2,1-2H3,(H2,19,22). The van der Waals surface area contributed by atoms with Gasteiger partial charge in [-0.1, -0.05) is 25.1 Å². The van der Waals surface area contributed by atoms with Gasteiger partial charge >= 0.3 is 0 Å². The molecule has 0 aliphatic heterocycles. The first-order chi connectivity index (χ1) is 11.1. The predicted molar refractivity (Wildman–Crippen MR) is 89.9 cm³/mol. The lowest BCUT2D eigenvalue weighted by Crippen LogP contribution is -2.24. The van der Waals surface area contributed by atoms with E-state index in [2.05, 4.69) is 29.9 Å². The first-order valence-corrected chi connectivity index (χ1v) is 7.71. The first kappa shape index (κ1) is 17.0. The van der Waals surface area contributed by atoms with E-state index in [1.807, 2.05) is 42.6 Å². The Hall–Kier alpha value is -2.40. The van der Waals surface area contributed by atoms with Crippen LogP contribution in [-0.2, 0) is 11.3 Å². The summed E-state index contributed by atoms with van der Waals surface area (Å²) in [6.45, 7) is 2.82. The molecule has 5 nitrogen and oxygen atoms in total. The van der Waals surface area contributed by atoms with E-state index in [9.17, 15) is 4.79 Å². The highest BCUT2D eigenvalue weighted by Crippen LogP contribution is 2.23. The van der Waals surface area contributed by atoms with Crippen molar-refractivity contribution < 1.29 is 9.53 Å². The normalized spacial score (nSPS) is 12.1. The number of primary amides is 1. The van der Waals surface area contributed by atoms with Gasteiger partial charge < -0.3 is 10.5 Å². The van der Waals surface area contributed by atoms with Crippen LogP contribution in [0, 0.1) is 0 Å². The number of carbonyl (C=O) groups is 1. The van der Waals surface area contributed by atoms with E-state index in [-0.39, 0.29) is 12.6 Å². The van der Waals surface area contributed by atoms with Crippen molar-refractivity contribution in [2.75, 3.05) is 13.7 Å².